The molecule has 1 aliphatic rings. The molecule has 0 radical (unpaired) electrons. The van der Waals surface area contributed by atoms with E-state index in [-0.39, 0.29) is 5.11 Å². The van der Waals surface area contributed by atoms with Gasteiger partial charge in [0.05, 0.1) is 18.9 Å². The largest absolute Gasteiger partial charge is 0.495 e. The standard InChI is InChI=1S/C24H34N4O2S/c1-30-23-12-11-19(18-21(23)26-24(25)31)22(29)10-6-3-7-13-27-14-16-28(17-15-27)20-8-4-2-5-9-20/h2,4-5,8-9,11-12,18,22,29H,3,6-7,10,13-17H2,1H3,(H3,25,26,31). The highest BCUT2D eigenvalue weighted by molar-refractivity contribution is 7.80. The molecule has 1 aliphatic heterocycles. The van der Waals surface area contributed by atoms with Gasteiger partial charge in [-0.2, -0.15) is 0 Å². The van der Waals surface area contributed by atoms with Gasteiger partial charge in [-0.1, -0.05) is 37.1 Å². The number of nitrogens with two attached hydrogens (primary N) is 1. The van der Waals surface area contributed by atoms with E-state index in [2.05, 4.69) is 45.4 Å². The molecule has 2 aromatic carbocycles. The van der Waals surface area contributed by atoms with E-state index < -0.39 is 6.10 Å². The summed E-state index contributed by atoms with van der Waals surface area (Å²) < 4.78 is 5.32. The number of benzene rings is 2. The van der Waals surface area contributed by atoms with Crippen molar-refractivity contribution in [1.82, 2.24) is 4.90 Å². The zero-order valence-electron chi connectivity index (χ0n) is 18.3. The number of anilines is 2. The molecule has 0 saturated carbocycles. The molecule has 1 fully saturated rings. The van der Waals surface area contributed by atoms with E-state index in [1.165, 1.54) is 5.69 Å². The highest BCUT2D eigenvalue weighted by atomic mass is 32.1. The second-order valence-electron chi connectivity index (χ2n) is 7.98. The van der Waals surface area contributed by atoms with Crippen molar-refractivity contribution in [2.75, 3.05) is 50.1 Å². The predicted octanol–water partition coefficient (Wildman–Crippen LogP) is 3.77. The van der Waals surface area contributed by atoms with Crippen LogP contribution in [0.15, 0.2) is 48.5 Å². The molecule has 4 N–H and O–H groups in total. The lowest BCUT2D eigenvalue weighted by molar-refractivity contribution is 0.162. The van der Waals surface area contributed by atoms with Gasteiger partial charge in [-0.15, -0.1) is 0 Å². The number of methoxy groups -OCH3 is 1. The average molecular weight is 443 g/mol. The maximum Gasteiger partial charge on any atom is 0.168 e. The third kappa shape index (κ3) is 7.09. The number of nitrogens with zero attached hydrogens (tertiary/aromatic N) is 2. The number of unbranched alkanes of at least 4 members (excludes halogenated alkanes) is 2. The van der Waals surface area contributed by atoms with Crippen LogP contribution in [0.3, 0.4) is 0 Å². The lowest BCUT2D eigenvalue weighted by Crippen LogP contribution is -2.46. The fraction of sp³-hybridized carbons (Fsp3) is 0.458. The van der Waals surface area contributed by atoms with E-state index in [1.807, 2.05) is 18.2 Å². The van der Waals surface area contributed by atoms with Gasteiger partial charge in [0.2, 0.25) is 0 Å². The number of nitrogens with one attached hydrogen (secondary N) is 1. The van der Waals surface area contributed by atoms with Crippen LogP contribution in [-0.2, 0) is 0 Å². The normalized spacial score (nSPS) is 15.5. The first-order chi connectivity index (χ1) is 15.1. The van der Waals surface area contributed by atoms with E-state index in [1.54, 1.807) is 7.11 Å². The number of ether oxygens (including phenoxy) is 1. The Bertz CT molecular complexity index is 826. The first-order valence-corrected chi connectivity index (χ1v) is 11.4. The Morgan fingerprint density at radius 2 is 1.84 bits per heavy atom. The Labute approximate surface area is 191 Å². The van der Waals surface area contributed by atoms with Crippen molar-refractivity contribution in [3.63, 3.8) is 0 Å². The van der Waals surface area contributed by atoms with Gasteiger partial charge in [-0.05, 0) is 61.4 Å². The minimum atomic E-state index is -0.507. The lowest BCUT2D eigenvalue weighted by Gasteiger charge is -2.36. The number of hydrogen-bond donors (Lipinski definition) is 3. The molecule has 0 spiro atoms. The summed E-state index contributed by atoms with van der Waals surface area (Å²) in [5.74, 6) is 0.649. The van der Waals surface area contributed by atoms with Gasteiger partial charge >= 0.3 is 0 Å². The van der Waals surface area contributed by atoms with Crippen LogP contribution in [0.5, 0.6) is 5.75 Å². The molecule has 7 heteroatoms. The van der Waals surface area contributed by atoms with Crippen LogP contribution in [0.4, 0.5) is 11.4 Å². The molecular formula is C24H34N4O2S. The second kappa shape index (κ2) is 11.9. The Hall–Kier alpha value is -2.35. The zero-order chi connectivity index (χ0) is 22.1. The molecule has 6 nitrogen and oxygen atoms in total. The van der Waals surface area contributed by atoms with Crippen LogP contribution < -0.4 is 20.7 Å². The number of aliphatic hydroxyl groups is 1. The number of hydrogen-bond acceptors (Lipinski definition) is 5. The monoisotopic (exact) mass is 442 g/mol. The summed E-state index contributed by atoms with van der Waals surface area (Å²) in [5, 5.41) is 13.7. The highest BCUT2D eigenvalue weighted by Crippen LogP contribution is 2.30. The molecule has 0 aromatic heterocycles. The van der Waals surface area contributed by atoms with Crippen molar-refractivity contribution in [1.29, 1.82) is 0 Å². The Morgan fingerprint density at radius 3 is 2.52 bits per heavy atom. The molecule has 1 heterocycles. The quantitative estimate of drug-likeness (QED) is 0.382. The van der Waals surface area contributed by atoms with Crippen molar-refractivity contribution in [3.8, 4) is 5.75 Å². The van der Waals surface area contributed by atoms with Crippen molar-refractivity contribution in [2.45, 2.75) is 31.8 Å². The topological polar surface area (TPSA) is 74.0 Å². The smallest absolute Gasteiger partial charge is 0.168 e. The summed E-state index contributed by atoms with van der Waals surface area (Å²) in [4.78, 5) is 5.01. The Balaban J connectivity index is 1.35. The molecule has 0 aliphatic carbocycles. The van der Waals surface area contributed by atoms with Gasteiger partial charge in [0.25, 0.3) is 0 Å². The fourth-order valence-electron chi connectivity index (χ4n) is 4.05. The van der Waals surface area contributed by atoms with Gasteiger partial charge in [-0.25, -0.2) is 0 Å². The van der Waals surface area contributed by atoms with E-state index in [0.29, 0.717) is 11.4 Å². The maximum atomic E-state index is 10.6. The molecule has 1 atom stereocenters. The maximum absolute atomic E-state index is 10.6. The summed E-state index contributed by atoms with van der Waals surface area (Å²) in [6, 6.07) is 16.2. The summed E-state index contributed by atoms with van der Waals surface area (Å²) in [6.07, 6.45) is 3.50. The van der Waals surface area contributed by atoms with Crippen LogP contribution >= 0.6 is 12.2 Å². The van der Waals surface area contributed by atoms with Crippen LogP contribution in [0.1, 0.15) is 37.4 Å². The van der Waals surface area contributed by atoms with E-state index >= 15 is 0 Å². The third-order valence-corrected chi connectivity index (χ3v) is 5.91. The van der Waals surface area contributed by atoms with Gasteiger partial charge in [0, 0.05) is 31.9 Å². The lowest BCUT2D eigenvalue weighted by atomic mass is 10.0. The van der Waals surface area contributed by atoms with Crippen molar-refractivity contribution >= 4 is 28.7 Å². The third-order valence-electron chi connectivity index (χ3n) is 5.81. The predicted molar refractivity (Wildman–Crippen MR) is 132 cm³/mol. The molecule has 2 aromatic rings. The fourth-order valence-corrected chi connectivity index (χ4v) is 4.16. The number of piperazine rings is 1. The number of para-hydroxylation sites is 1. The molecular weight excluding hydrogens is 408 g/mol. The average Bonchev–Trinajstić information content (AvgIpc) is 2.79. The molecule has 3 rings (SSSR count). The molecule has 1 saturated heterocycles. The van der Waals surface area contributed by atoms with Crippen LogP contribution in [-0.4, -0.2) is 55.0 Å². The number of rotatable bonds is 10. The van der Waals surface area contributed by atoms with E-state index in [9.17, 15) is 5.11 Å². The van der Waals surface area contributed by atoms with Gasteiger partial charge in [0.1, 0.15) is 5.75 Å². The van der Waals surface area contributed by atoms with Crippen molar-refractivity contribution < 1.29 is 9.84 Å². The van der Waals surface area contributed by atoms with Crippen LogP contribution in [0, 0.1) is 0 Å². The van der Waals surface area contributed by atoms with E-state index in [4.69, 9.17) is 22.7 Å². The first kappa shape index (κ1) is 23.3. The first-order valence-electron chi connectivity index (χ1n) is 11.0. The molecule has 0 amide bonds. The summed E-state index contributed by atoms with van der Waals surface area (Å²) in [7, 11) is 1.59. The van der Waals surface area contributed by atoms with Crippen LogP contribution in [0.25, 0.3) is 0 Å². The minimum absolute atomic E-state index is 0.176. The molecule has 0 bridgehead atoms. The highest BCUT2D eigenvalue weighted by Gasteiger charge is 2.17. The molecule has 1 unspecified atom stereocenters. The van der Waals surface area contributed by atoms with Gasteiger partial charge in [-0.3, -0.25) is 4.90 Å². The molecule has 168 valence electrons. The zero-order valence-corrected chi connectivity index (χ0v) is 19.1. The van der Waals surface area contributed by atoms with Crippen molar-refractivity contribution in [3.05, 3.63) is 54.1 Å². The van der Waals surface area contributed by atoms with Crippen molar-refractivity contribution in [2.24, 2.45) is 5.73 Å². The minimum Gasteiger partial charge on any atom is -0.495 e. The van der Waals surface area contributed by atoms with Crippen LogP contribution in [0.2, 0.25) is 0 Å². The number of aliphatic hydroxyl groups excluding tert-OH is 1. The summed E-state index contributed by atoms with van der Waals surface area (Å²) >= 11 is 4.92. The van der Waals surface area contributed by atoms with Gasteiger partial charge in [0.15, 0.2) is 5.11 Å². The molecule has 31 heavy (non-hydrogen) atoms. The Morgan fingerprint density at radius 1 is 1.10 bits per heavy atom. The SMILES string of the molecule is COc1ccc(C(O)CCCCCN2CCN(c3ccccc3)CC2)cc1NC(N)=S. The second-order valence-corrected chi connectivity index (χ2v) is 8.42. The van der Waals surface area contributed by atoms with Gasteiger partial charge < -0.3 is 25.8 Å². The summed E-state index contributed by atoms with van der Waals surface area (Å²) in [6.45, 7) is 5.53. The number of thiocarbonyl (C=S) groups is 1. The Kier molecular flexibility index (Phi) is 8.94. The van der Waals surface area contributed by atoms with E-state index in [0.717, 1.165) is 64.0 Å². The summed E-state index contributed by atoms with van der Waals surface area (Å²) in [5.41, 5.74) is 8.43.